The normalized spacial score (nSPS) is 6.70. The molecule has 0 amide bonds. The van der Waals surface area contributed by atoms with E-state index < -0.39 is 11.4 Å². The van der Waals surface area contributed by atoms with Gasteiger partial charge in [-0.15, -0.1) is 0 Å². The molecule has 0 fully saturated rings. The summed E-state index contributed by atoms with van der Waals surface area (Å²) >= 11 is -2.61. The molecule has 0 aromatic heterocycles. The van der Waals surface area contributed by atoms with Gasteiger partial charge in [-0.1, -0.05) is 0 Å². The Labute approximate surface area is 60.5 Å². The molecule has 0 aliphatic rings. The Hall–Kier alpha value is -0.340. The molecule has 0 aromatic carbocycles. The van der Waals surface area contributed by atoms with Crippen molar-refractivity contribution in [3.63, 3.8) is 0 Å². The molecule has 0 atom stereocenters. The summed E-state index contributed by atoms with van der Waals surface area (Å²) < 4.78 is 22.8. The standard InChI is InChI=1S/C3H6O.H2O3S.H2O2/c1-3(2)4;1-4(2)3;1-2/h1-2H3;(H2,1,2,3);1-2H. The Morgan fingerprint density at radius 3 is 1.20 bits per heavy atom. The lowest BCUT2D eigenvalue weighted by molar-refractivity contribution is -0.176. The molecule has 0 radical (unpaired) electrons. The molecule has 0 unspecified atom stereocenters. The zero-order valence-corrected chi connectivity index (χ0v) is 6.33. The molecule has 10 heavy (non-hydrogen) atoms. The number of rotatable bonds is 0. The fourth-order valence-corrected chi connectivity index (χ4v) is 0. The molecule has 4 N–H and O–H groups in total. The second-order valence-electron chi connectivity index (χ2n) is 1.14. The zero-order valence-electron chi connectivity index (χ0n) is 5.51. The van der Waals surface area contributed by atoms with Crippen LogP contribution in [-0.4, -0.2) is 29.6 Å². The lowest BCUT2D eigenvalue weighted by atomic mass is 10.6. The van der Waals surface area contributed by atoms with Crippen LogP contribution < -0.4 is 0 Å². The molecule has 6 nitrogen and oxygen atoms in total. The summed E-state index contributed by atoms with van der Waals surface area (Å²) in [6, 6.07) is 0. The van der Waals surface area contributed by atoms with Crippen LogP contribution in [0.25, 0.3) is 0 Å². The van der Waals surface area contributed by atoms with Gasteiger partial charge < -0.3 is 4.79 Å². The van der Waals surface area contributed by atoms with Gasteiger partial charge in [0.25, 0.3) is 11.4 Å². The van der Waals surface area contributed by atoms with Crippen molar-refractivity contribution in [2.75, 3.05) is 0 Å². The summed E-state index contributed by atoms with van der Waals surface area (Å²) in [4.78, 5) is 9.44. The fraction of sp³-hybridized carbons (Fsp3) is 0.667. The molecule has 0 heterocycles. The molecular weight excluding hydrogens is 164 g/mol. The van der Waals surface area contributed by atoms with Gasteiger partial charge in [-0.3, -0.25) is 19.6 Å². The lowest BCUT2D eigenvalue weighted by Crippen LogP contribution is -1.74. The summed E-state index contributed by atoms with van der Waals surface area (Å²) in [7, 11) is 0. The Kier molecular flexibility index (Phi) is 25.9. The van der Waals surface area contributed by atoms with Gasteiger partial charge in [-0.25, -0.2) is 0 Å². The molecule has 0 saturated heterocycles. The Balaban J connectivity index is -0.0000000787. The quantitative estimate of drug-likeness (QED) is 0.238. The summed E-state index contributed by atoms with van der Waals surface area (Å²) in [6.07, 6.45) is 0. The summed E-state index contributed by atoms with van der Waals surface area (Å²) in [5, 5.41) is 12.0. The molecule has 0 aromatic rings. The summed E-state index contributed by atoms with van der Waals surface area (Å²) in [6.45, 7) is 3.06. The molecular formula is C3H10O6S. The van der Waals surface area contributed by atoms with Crippen LogP contribution in [-0.2, 0) is 16.2 Å². The minimum atomic E-state index is -2.61. The molecule has 0 rings (SSSR count). The van der Waals surface area contributed by atoms with Crippen LogP contribution in [0, 0.1) is 0 Å². The molecule has 0 aliphatic heterocycles. The molecule has 0 aliphatic carbocycles. The fourth-order valence-electron chi connectivity index (χ4n) is 0. The average Bonchev–Trinajstić information content (AvgIpc) is 1.66. The maximum atomic E-state index is 9.44. The average molecular weight is 174 g/mol. The molecule has 0 bridgehead atoms. The Morgan fingerprint density at radius 1 is 1.20 bits per heavy atom. The van der Waals surface area contributed by atoms with Gasteiger partial charge in [0.1, 0.15) is 5.78 Å². The van der Waals surface area contributed by atoms with Gasteiger partial charge in [0.05, 0.1) is 0 Å². The summed E-state index contributed by atoms with van der Waals surface area (Å²) in [5.41, 5.74) is 0. The van der Waals surface area contributed by atoms with Gasteiger partial charge in [0.15, 0.2) is 0 Å². The van der Waals surface area contributed by atoms with Crippen LogP contribution in [0.3, 0.4) is 0 Å². The predicted molar refractivity (Wildman–Crippen MR) is 35.0 cm³/mol. The topological polar surface area (TPSA) is 115 Å². The smallest absolute Gasteiger partial charge is 0.299 e. The van der Waals surface area contributed by atoms with Crippen molar-refractivity contribution in [1.29, 1.82) is 0 Å². The third-order valence-electron chi connectivity index (χ3n) is 0. The van der Waals surface area contributed by atoms with Crippen molar-refractivity contribution in [3.8, 4) is 0 Å². The van der Waals surface area contributed by atoms with E-state index in [1.165, 1.54) is 13.8 Å². The Morgan fingerprint density at radius 2 is 1.20 bits per heavy atom. The highest BCUT2D eigenvalue weighted by Gasteiger charge is 1.63. The van der Waals surface area contributed by atoms with Crippen molar-refractivity contribution in [2.24, 2.45) is 0 Å². The van der Waals surface area contributed by atoms with Gasteiger partial charge >= 0.3 is 0 Å². The van der Waals surface area contributed by atoms with Crippen LogP contribution in [0.2, 0.25) is 0 Å². The largest absolute Gasteiger partial charge is 0.300 e. The zero-order chi connectivity index (χ0) is 9.15. The minimum absolute atomic E-state index is 0.167. The molecule has 7 heteroatoms. The minimum Gasteiger partial charge on any atom is -0.300 e. The van der Waals surface area contributed by atoms with Crippen molar-refractivity contribution in [3.05, 3.63) is 0 Å². The second-order valence-corrected chi connectivity index (χ2v) is 1.60. The van der Waals surface area contributed by atoms with Crippen molar-refractivity contribution >= 4 is 17.1 Å². The van der Waals surface area contributed by atoms with E-state index in [-0.39, 0.29) is 5.78 Å². The SMILES string of the molecule is CC(C)=O.O=S(O)O.OO. The van der Waals surface area contributed by atoms with E-state index in [4.69, 9.17) is 23.8 Å². The first-order valence-corrected chi connectivity index (χ1v) is 3.00. The van der Waals surface area contributed by atoms with Crippen molar-refractivity contribution < 1.29 is 28.6 Å². The highest BCUT2D eigenvalue weighted by Crippen LogP contribution is 1.50. The number of hydrogen-bond acceptors (Lipinski definition) is 4. The van der Waals surface area contributed by atoms with Crippen LogP contribution in [0.4, 0.5) is 0 Å². The van der Waals surface area contributed by atoms with Gasteiger partial charge in [-0.05, 0) is 13.8 Å². The van der Waals surface area contributed by atoms with Crippen molar-refractivity contribution in [1.82, 2.24) is 0 Å². The first-order chi connectivity index (χ1) is 4.46. The molecule has 64 valence electrons. The van der Waals surface area contributed by atoms with Crippen LogP contribution in [0.5, 0.6) is 0 Å². The van der Waals surface area contributed by atoms with Gasteiger partial charge in [0.2, 0.25) is 0 Å². The lowest BCUT2D eigenvalue weighted by Gasteiger charge is -1.59. The van der Waals surface area contributed by atoms with E-state index in [2.05, 4.69) is 0 Å². The monoisotopic (exact) mass is 174 g/mol. The first-order valence-electron chi connectivity index (χ1n) is 1.94. The van der Waals surface area contributed by atoms with E-state index in [1.54, 1.807) is 0 Å². The molecule has 0 saturated carbocycles. The van der Waals surface area contributed by atoms with Gasteiger partial charge in [0, 0.05) is 0 Å². The Bertz CT molecular complexity index is 71.0. The van der Waals surface area contributed by atoms with Crippen LogP contribution in [0.1, 0.15) is 13.8 Å². The molecule has 0 spiro atoms. The maximum Gasteiger partial charge on any atom is 0.299 e. The van der Waals surface area contributed by atoms with Gasteiger partial charge in [-0.2, -0.15) is 4.21 Å². The second kappa shape index (κ2) is 15.9. The van der Waals surface area contributed by atoms with Crippen LogP contribution >= 0.6 is 0 Å². The number of ketones is 1. The van der Waals surface area contributed by atoms with E-state index >= 15 is 0 Å². The van der Waals surface area contributed by atoms with E-state index in [9.17, 15) is 4.79 Å². The number of Topliss-reactive ketones (excluding diaryl/α,β-unsaturated/α-hetero) is 1. The number of hydrogen-bond donors (Lipinski definition) is 4. The first kappa shape index (κ1) is 16.3. The summed E-state index contributed by atoms with van der Waals surface area (Å²) in [5.74, 6) is 0.167. The van der Waals surface area contributed by atoms with Crippen molar-refractivity contribution in [2.45, 2.75) is 13.8 Å². The number of carbonyl (C=O) groups is 1. The third kappa shape index (κ3) is 2940. The maximum absolute atomic E-state index is 9.44. The van der Waals surface area contributed by atoms with E-state index in [1.807, 2.05) is 0 Å². The highest BCUT2D eigenvalue weighted by molar-refractivity contribution is 7.73. The van der Waals surface area contributed by atoms with E-state index in [0.29, 0.717) is 0 Å². The number of carbonyl (C=O) groups excluding carboxylic acids is 1. The predicted octanol–water partition coefficient (Wildman–Crippen LogP) is 0.294. The highest BCUT2D eigenvalue weighted by atomic mass is 32.2. The van der Waals surface area contributed by atoms with E-state index in [0.717, 1.165) is 0 Å². The van der Waals surface area contributed by atoms with Crippen LogP contribution in [0.15, 0.2) is 0 Å². The third-order valence-corrected chi connectivity index (χ3v) is 0.